The molecule has 124 valence electrons. The maximum atomic E-state index is 4.96. The average Bonchev–Trinajstić information content (AvgIpc) is 3.32. The normalized spacial score (nSPS) is 26.0. The molecule has 5 rings (SSSR count). The molecule has 0 amide bonds. The fourth-order valence-corrected chi connectivity index (χ4v) is 4.73. The van der Waals surface area contributed by atoms with E-state index in [-0.39, 0.29) is 0 Å². The molecule has 1 heterocycles. The Bertz CT molecular complexity index is 945. The topological polar surface area (TPSA) is 12.4 Å². The first-order valence-corrected chi connectivity index (χ1v) is 9.34. The van der Waals surface area contributed by atoms with Crippen LogP contribution >= 0.6 is 0 Å². The van der Waals surface area contributed by atoms with Gasteiger partial charge >= 0.3 is 0 Å². The molecule has 0 N–H and O–H groups in total. The standard InChI is InChI=1S/C24H23N/c1-15-7-9-17(11-15)19-13-23(25-14-19)24-16(2)8-10-21-20-6-4-3-5-18(20)12-22(21)24/h3-11,14-15,19,23H,12-13H2,1-2H3. The van der Waals surface area contributed by atoms with Gasteiger partial charge < -0.3 is 0 Å². The van der Waals surface area contributed by atoms with E-state index >= 15 is 0 Å². The number of rotatable bonds is 2. The molecule has 0 radical (unpaired) electrons. The number of nitrogens with zero attached hydrogens (tertiary/aromatic N) is 1. The van der Waals surface area contributed by atoms with Gasteiger partial charge in [0, 0.05) is 12.1 Å². The lowest BCUT2D eigenvalue weighted by molar-refractivity contribution is 0.646. The van der Waals surface area contributed by atoms with Crippen molar-refractivity contribution in [2.45, 2.75) is 32.7 Å². The van der Waals surface area contributed by atoms with Gasteiger partial charge in [0.25, 0.3) is 0 Å². The highest BCUT2D eigenvalue weighted by Crippen LogP contribution is 2.45. The van der Waals surface area contributed by atoms with Gasteiger partial charge in [-0.15, -0.1) is 0 Å². The molecule has 1 nitrogen and oxygen atoms in total. The molecular weight excluding hydrogens is 302 g/mol. The Morgan fingerprint density at radius 2 is 1.92 bits per heavy atom. The van der Waals surface area contributed by atoms with Crippen LogP contribution in [-0.2, 0) is 6.42 Å². The van der Waals surface area contributed by atoms with E-state index in [0.29, 0.717) is 17.9 Å². The second-order valence-corrected chi connectivity index (χ2v) is 7.70. The first kappa shape index (κ1) is 14.9. The predicted octanol–water partition coefficient (Wildman–Crippen LogP) is 5.83. The van der Waals surface area contributed by atoms with Crippen LogP contribution in [0, 0.1) is 18.8 Å². The lowest BCUT2D eigenvalue weighted by Crippen LogP contribution is -2.05. The molecule has 0 saturated carbocycles. The minimum Gasteiger partial charge on any atom is -0.289 e. The Morgan fingerprint density at radius 1 is 1.04 bits per heavy atom. The van der Waals surface area contributed by atoms with Gasteiger partial charge in [0.05, 0.1) is 6.04 Å². The third kappa shape index (κ3) is 2.33. The van der Waals surface area contributed by atoms with Crippen LogP contribution < -0.4 is 0 Å². The summed E-state index contributed by atoms with van der Waals surface area (Å²) in [4.78, 5) is 4.96. The zero-order chi connectivity index (χ0) is 17.0. The van der Waals surface area contributed by atoms with Crippen molar-refractivity contribution in [3.05, 3.63) is 82.5 Å². The van der Waals surface area contributed by atoms with Crippen molar-refractivity contribution in [2.75, 3.05) is 0 Å². The predicted molar refractivity (Wildman–Crippen MR) is 105 cm³/mol. The van der Waals surface area contributed by atoms with Gasteiger partial charge in [-0.1, -0.05) is 61.5 Å². The van der Waals surface area contributed by atoms with E-state index in [2.05, 4.69) is 74.7 Å². The summed E-state index contributed by atoms with van der Waals surface area (Å²) in [6, 6.07) is 13.7. The van der Waals surface area contributed by atoms with Crippen LogP contribution in [0.4, 0.5) is 0 Å². The van der Waals surface area contributed by atoms with Gasteiger partial charge in [0.2, 0.25) is 0 Å². The first-order chi connectivity index (χ1) is 12.2. The maximum absolute atomic E-state index is 4.96. The minimum absolute atomic E-state index is 0.305. The second kappa shape index (κ2) is 5.56. The zero-order valence-electron chi connectivity index (χ0n) is 14.9. The molecule has 1 aliphatic heterocycles. The highest BCUT2D eigenvalue weighted by Gasteiger charge is 2.30. The van der Waals surface area contributed by atoms with E-state index in [1.165, 1.54) is 39.0 Å². The molecule has 3 aliphatic rings. The van der Waals surface area contributed by atoms with Crippen molar-refractivity contribution in [3.8, 4) is 11.1 Å². The minimum atomic E-state index is 0.305. The number of hydrogen-bond donors (Lipinski definition) is 0. The fourth-order valence-electron chi connectivity index (χ4n) is 4.73. The second-order valence-electron chi connectivity index (χ2n) is 7.70. The van der Waals surface area contributed by atoms with Crippen molar-refractivity contribution in [1.82, 2.24) is 0 Å². The largest absolute Gasteiger partial charge is 0.289 e. The lowest BCUT2D eigenvalue weighted by Gasteiger charge is -2.18. The Balaban J connectivity index is 1.51. The summed E-state index contributed by atoms with van der Waals surface area (Å²) < 4.78 is 0. The highest BCUT2D eigenvalue weighted by molar-refractivity contribution is 5.79. The van der Waals surface area contributed by atoms with Gasteiger partial charge in [0.1, 0.15) is 0 Å². The molecule has 0 aromatic heterocycles. The van der Waals surface area contributed by atoms with Gasteiger partial charge in [0.15, 0.2) is 0 Å². The maximum Gasteiger partial charge on any atom is 0.0760 e. The quantitative estimate of drug-likeness (QED) is 0.562. The molecule has 1 heteroatoms. The molecule has 3 atom stereocenters. The zero-order valence-corrected chi connectivity index (χ0v) is 14.9. The van der Waals surface area contributed by atoms with Gasteiger partial charge in [-0.3, -0.25) is 4.99 Å². The molecule has 0 spiro atoms. The van der Waals surface area contributed by atoms with Crippen molar-refractivity contribution in [1.29, 1.82) is 0 Å². The Hall–Kier alpha value is -2.41. The van der Waals surface area contributed by atoms with E-state index < -0.39 is 0 Å². The molecule has 2 aromatic carbocycles. The average molecular weight is 325 g/mol. The summed E-state index contributed by atoms with van der Waals surface area (Å²) in [5.74, 6) is 1.05. The van der Waals surface area contributed by atoms with Crippen LogP contribution in [0.3, 0.4) is 0 Å². The van der Waals surface area contributed by atoms with Crippen LogP contribution in [-0.4, -0.2) is 6.21 Å². The molecule has 2 aromatic rings. The van der Waals surface area contributed by atoms with E-state index in [9.17, 15) is 0 Å². The summed E-state index contributed by atoms with van der Waals surface area (Å²) in [5.41, 5.74) is 10.1. The number of allylic oxidation sites excluding steroid dienone is 4. The SMILES string of the molecule is Cc1ccc2c(c1C1CC(C3=CC(C)C=C3)C=N1)Cc1ccccc1-2. The van der Waals surface area contributed by atoms with Crippen LogP contribution in [0.2, 0.25) is 0 Å². The Kier molecular flexibility index (Phi) is 3.31. The van der Waals surface area contributed by atoms with Crippen LogP contribution in [0.1, 0.15) is 41.6 Å². The molecule has 3 unspecified atom stereocenters. The summed E-state index contributed by atoms with van der Waals surface area (Å²) in [6.07, 6.45) is 11.3. The van der Waals surface area contributed by atoms with E-state index in [1.54, 1.807) is 0 Å². The fraction of sp³-hybridized carbons (Fsp3) is 0.292. The smallest absolute Gasteiger partial charge is 0.0760 e. The van der Waals surface area contributed by atoms with Gasteiger partial charge in [-0.05, 0) is 64.6 Å². The Labute approximate surface area is 149 Å². The number of hydrogen-bond acceptors (Lipinski definition) is 1. The Morgan fingerprint density at radius 3 is 2.76 bits per heavy atom. The third-order valence-corrected chi connectivity index (χ3v) is 5.98. The molecule has 0 saturated heterocycles. The van der Waals surface area contributed by atoms with Crippen molar-refractivity contribution >= 4 is 6.21 Å². The summed E-state index contributed by atoms with van der Waals surface area (Å²) >= 11 is 0. The van der Waals surface area contributed by atoms with E-state index in [4.69, 9.17) is 4.99 Å². The number of aryl methyl sites for hydroxylation is 1. The van der Waals surface area contributed by atoms with E-state index in [1.807, 2.05) is 0 Å². The summed E-state index contributed by atoms with van der Waals surface area (Å²) in [5, 5.41) is 0. The van der Waals surface area contributed by atoms with Crippen molar-refractivity contribution in [2.24, 2.45) is 16.8 Å². The number of benzene rings is 2. The summed E-state index contributed by atoms with van der Waals surface area (Å²) in [7, 11) is 0. The molecular formula is C24H23N. The van der Waals surface area contributed by atoms with Crippen molar-refractivity contribution in [3.63, 3.8) is 0 Å². The van der Waals surface area contributed by atoms with Crippen LogP contribution in [0.25, 0.3) is 11.1 Å². The number of aliphatic imine (C=N–C) groups is 1. The summed E-state index contributed by atoms with van der Waals surface area (Å²) in [6.45, 7) is 4.50. The van der Waals surface area contributed by atoms with Crippen LogP contribution in [0.15, 0.2) is 65.2 Å². The third-order valence-electron chi connectivity index (χ3n) is 5.98. The van der Waals surface area contributed by atoms with Crippen molar-refractivity contribution < 1.29 is 0 Å². The monoisotopic (exact) mass is 325 g/mol. The van der Waals surface area contributed by atoms with Gasteiger partial charge in [-0.25, -0.2) is 0 Å². The highest BCUT2D eigenvalue weighted by atomic mass is 14.8. The first-order valence-electron chi connectivity index (χ1n) is 9.34. The molecule has 2 aliphatic carbocycles. The molecule has 0 fully saturated rings. The van der Waals surface area contributed by atoms with E-state index in [0.717, 1.165) is 12.8 Å². The van der Waals surface area contributed by atoms with Crippen LogP contribution in [0.5, 0.6) is 0 Å². The lowest BCUT2D eigenvalue weighted by atomic mass is 9.87. The molecule has 0 bridgehead atoms. The number of fused-ring (bicyclic) bond motifs is 3. The van der Waals surface area contributed by atoms with Gasteiger partial charge in [-0.2, -0.15) is 0 Å². The molecule has 25 heavy (non-hydrogen) atoms.